The molecule has 1 aliphatic carbocycles. The molecular weight excluding hydrogens is 642 g/mol. The molecule has 9 rings (SSSR count). The molecule has 51 heavy (non-hydrogen) atoms. The summed E-state index contributed by atoms with van der Waals surface area (Å²) in [5.41, 5.74) is 7.76. The normalized spacial score (nSPS) is 25.9. The number of carbonyl (C=O) groups is 3. The Hall–Kier alpha value is -4.41. The number of piperidine rings is 2. The van der Waals surface area contributed by atoms with Gasteiger partial charge >= 0.3 is 0 Å². The van der Waals surface area contributed by atoms with Gasteiger partial charge in [-0.2, -0.15) is 0 Å². The molecule has 10 nitrogen and oxygen atoms in total. The van der Waals surface area contributed by atoms with Crippen molar-refractivity contribution < 1.29 is 24.2 Å². The van der Waals surface area contributed by atoms with Gasteiger partial charge in [0.2, 0.25) is 11.8 Å². The highest BCUT2D eigenvalue weighted by Gasteiger charge is 2.42. The fourth-order valence-electron chi connectivity index (χ4n) is 9.26. The Labute approximate surface area is 299 Å². The van der Waals surface area contributed by atoms with Crippen LogP contribution < -0.4 is 15.1 Å². The number of ether oxygens (including phenoxy) is 1. The maximum absolute atomic E-state index is 13.1. The monoisotopic (exact) mass is 689 g/mol. The maximum Gasteiger partial charge on any atom is 0.255 e. The van der Waals surface area contributed by atoms with Crippen molar-refractivity contribution in [1.82, 2.24) is 15.1 Å². The van der Waals surface area contributed by atoms with Crippen molar-refractivity contribution in [3.8, 4) is 5.75 Å². The number of phenols is 1. The number of piperazine rings is 1. The highest BCUT2D eigenvalue weighted by atomic mass is 16.5. The third-order valence-corrected chi connectivity index (χ3v) is 12.3. The van der Waals surface area contributed by atoms with E-state index in [-0.39, 0.29) is 36.2 Å². The Balaban J connectivity index is 0.765. The molecule has 0 aromatic heterocycles. The summed E-state index contributed by atoms with van der Waals surface area (Å²) >= 11 is 0. The SMILES string of the molecule is O=C1CC[C@H](N2Cc3cc(N4CCN(CC5CCN(c6ccc([C@H]7c8ccc(O)cc8CO[C@H]7C7CC7)cc6)CC5)CC4)ccc3C2=O)C(=O)N1. The number of nitrogens with one attached hydrogen (secondary N) is 1. The summed E-state index contributed by atoms with van der Waals surface area (Å²) in [6.07, 6.45) is 5.73. The lowest BCUT2D eigenvalue weighted by Crippen LogP contribution is -2.52. The zero-order valence-electron chi connectivity index (χ0n) is 29.1. The number of carbonyl (C=O) groups excluding carboxylic acids is 3. The van der Waals surface area contributed by atoms with Crippen molar-refractivity contribution in [2.45, 2.75) is 69.7 Å². The number of imide groups is 1. The molecule has 0 unspecified atom stereocenters. The van der Waals surface area contributed by atoms with E-state index in [1.807, 2.05) is 24.3 Å². The van der Waals surface area contributed by atoms with Crippen LogP contribution in [-0.4, -0.2) is 90.6 Å². The second-order valence-electron chi connectivity index (χ2n) is 15.5. The summed E-state index contributed by atoms with van der Waals surface area (Å²) in [5.74, 6) is 1.09. The van der Waals surface area contributed by atoms with Crippen LogP contribution in [0, 0.1) is 11.8 Å². The molecule has 5 aliphatic heterocycles. The van der Waals surface area contributed by atoms with Gasteiger partial charge in [0.05, 0.1) is 12.7 Å². The van der Waals surface area contributed by atoms with E-state index in [0.717, 1.165) is 62.6 Å². The summed E-state index contributed by atoms with van der Waals surface area (Å²) in [5, 5.41) is 12.5. The average Bonchev–Trinajstić information content (AvgIpc) is 3.95. The van der Waals surface area contributed by atoms with E-state index in [1.54, 1.807) is 4.90 Å². The molecule has 0 radical (unpaired) electrons. The van der Waals surface area contributed by atoms with Crippen molar-refractivity contribution in [1.29, 1.82) is 0 Å². The molecule has 5 heterocycles. The number of rotatable bonds is 7. The number of hydrogen-bond donors (Lipinski definition) is 2. The van der Waals surface area contributed by atoms with Gasteiger partial charge in [-0.15, -0.1) is 0 Å². The minimum atomic E-state index is -0.583. The predicted molar refractivity (Wildman–Crippen MR) is 194 cm³/mol. The lowest BCUT2D eigenvalue weighted by atomic mass is 9.80. The summed E-state index contributed by atoms with van der Waals surface area (Å²) in [6.45, 7) is 8.23. The quantitative estimate of drug-likeness (QED) is 0.346. The fourth-order valence-corrected chi connectivity index (χ4v) is 9.26. The zero-order chi connectivity index (χ0) is 34.6. The Morgan fingerprint density at radius 1 is 0.765 bits per heavy atom. The smallest absolute Gasteiger partial charge is 0.255 e. The van der Waals surface area contributed by atoms with Gasteiger partial charge in [0, 0.05) is 81.6 Å². The minimum Gasteiger partial charge on any atom is -0.508 e. The van der Waals surface area contributed by atoms with E-state index in [4.69, 9.17) is 4.74 Å². The Kier molecular flexibility index (Phi) is 8.47. The van der Waals surface area contributed by atoms with Crippen LogP contribution >= 0.6 is 0 Å². The molecular formula is C41H47N5O5. The summed E-state index contributed by atoms with van der Waals surface area (Å²) in [6, 6.07) is 20.5. The lowest BCUT2D eigenvalue weighted by molar-refractivity contribution is -0.136. The van der Waals surface area contributed by atoms with Crippen molar-refractivity contribution in [2.24, 2.45) is 11.8 Å². The van der Waals surface area contributed by atoms with E-state index in [0.29, 0.717) is 42.7 Å². The maximum atomic E-state index is 13.1. The molecule has 6 aliphatic rings. The van der Waals surface area contributed by atoms with E-state index >= 15 is 0 Å². The van der Waals surface area contributed by atoms with Gasteiger partial charge in [-0.25, -0.2) is 0 Å². The minimum absolute atomic E-state index is 0.121. The number of fused-ring (bicyclic) bond motifs is 2. The summed E-state index contributed by atoms with van der Waals surface area (Å²) < 4.78 is 6.39. The van der Waals surface area contributed by atoms with Gasteiger partial charge in [-0.05, 0) is 109 Å². The fraction of sp³-hybridized carbons (Fsp3) is 0.488. The van der Waals surface area contributed by atoms with Gasteiger partial charge in [0.1, 0.15) is 11.8 Å². The average molecular weight is 690 g/mol. The van der Waals surface area contributed by atoms with Crippen LogP contribution in [0.2, 0.25) is 0 Å². The number of anilines is 2. The topological polar surface area (TPSA) is 106 Å². The van der Waals surface area contributed by atoms with E-state index in [1.165, 1.54) is 42.5 Å². The molecule has 266 valence electrons. The first-order valence-corrected chi connectivity index (χ1v) is 18.9. The molecule has 3 atom stereocenters. The first kappa shape index (κ1) is 32.5. The number of hydrogen-bond acceptors (Lipinski definition) is 8. The largest absolute Gasteiger partial charge is 0.508 e. The highest BCUT2D eigenvalue weighted by Crippen LogP contribution is 2.48. The molecule has 1 saturated carbocycles. The van der Waals surface area contributed by atoms with Crippen LogP contribution in [0.3, 0.4) is 0 Å². The van der Waals surface area contributed by atoms with Crippen LogP contribution in [0.4, 0.5) is 11.4 Å². The van der Waals surface area contributed by atoms with E-state index in [9.17, 15) is 19.5 Å². The first-order chi connectivity index (χ1) is 24.9. The van der Waals surface area contributed by atoms with Gasteiger partial charge in [0.15, 0.2) is 0 Å². The molecule has 2 N–H and O–H groups in total. The van der Waals surface area contributed by atoms with Crippen molar-refractivity contribution >= 4 is 29.1 Å². The van der Waals surface area contributed by atoms with Gasteiger partial charge < -0.3 is 24.5 Å². The van der Waals surface area contributed by atoms with Gasteiger partial charge in [-0.1, -0.05) is 18.2 Å². The Morgan fingerprint density at radius 2 is 1.51 bits per heavy atom. The van der Waals surface area contributed by atoms with E-state index in [2.05, 4.69) is 56.4 Å². The molecule has 3 aromatic rings. The standard InChI is InChI=1S/C41H47N5O5/c47-33-8-10-34-30(22-33)25-51-39(28-1-2-28)38(34)27-3-5-31(6-4-27)44-15-13-26(14-16-44)23-43-17-19-45(20-18-43)32-7-9-35-29(21-32)24-46(41(35)50)36-11-12-37(48)42-40(36)49/h3-10,21-22,26,28,36,38-39,47H,1-2,11-20,23-25H2,(H,42,48,49)/t36-,38-,39-/m0/s1. The number of benzene rings is 3. The van der Waals surface area contributed by atoms with Crippen molar-refractivity contribution in [3.05, 3.63) is 88.5 Å². The number of amides is 3. The molecule has 3 saturated heterocycles. The number of aromatic hydroxyl groups is 1. The number of phenolic OH excluding ortho intramolecular Hbond substituents is 1. The Morgan fingerprint density at radius 3 is 2.25 bits per heavy atom. The van der Waals surface area contributed by atoms with Gasteiger partial charge in [-0.3, -0.25) is 24.6 Å². The summed E-state index contributed by atoms with van der Waals surface area (Å²) in [4.78, 5) is 46.4. The third-order valence-electron chi connectivity index (χ3n) is 12.3. The van der Waals surface area contributed by atoms with Crippen molar-refractivity contribution in [3.63, 3.8) is 0 Å². The predicted octanol–water partition coefficient (Wildman–Crippen LogP) is 4.63. The summed E-state index contributed by atoms with van der Waals surface area (Å²) in [7, 11) is 0. The molecule has 4 fully saturated rings. The molecule has 3 aromatic carbocycles. The Bertz CT molecular complexity index is 1830. The van der Waals surface area contributed by atoms with Crippen LogP contribution in [0.5, 0.6) is 5.75 Å². The molecule has 10 heteroatoms. The number of nitrogens with zero attached hydrogens (tertiary/aromatic N) is 4. The van der Waals surface area contributed by atoms with Gasteiger partial charge in [0.25, 0.3) is 5.91 Å². The van der Waals surface area contributed by atoms with Crippen LogP contribution in [0.15, 0.2) is 60.7 Å². The lowest BCUT2D eigenvalue weighted by Gasteiger charge is -2.40. The molecule has 3 amide bonds. The second kappa shape index (κ2) is 13.3. The first-order valence-electron chi connectivity index (χ1n) is 18.9. The van der Waals surface area contributed by atoms with Crippen molar-refractivity contribution in [2.75, 3.05) is 55.6 Å². The van der Waals surface area contributed by atoms with E-state index < -0.39 is 6.04 Å². The van der Waals surface area contributed by atoms with Crippen LogP contribution in [0.1, 0.15) is 77.1 Å². The zero-order valence-corrected chi connectivity index (χ0v) is 29.1. The molecule has 0 spiro atoms. The van der Waals surface area contributed by atoms with Crippen LogP contribution in [0.25, 0.3) is 0 Å². The van der Waals surface area contributed by atoms with Crippen LogP contribution in [-0.2, 0) is 27.5 Å². The second-order valence-corrected chi connectivity index (χ2v) is 15.5. The highest BCUT2D eigenvalue weighted by molar-refractivity contribution is 6.05. The third kappa shape index (κ3) is 6.37. The molecule has 0 bridgehead atoms.